The van der Waals surface area contributed by atoms with Gasteiger partial charge in [0, 0.05) is 18.7 Å². The molecule has 1 aliphatic heterocycles. The van der Waals surface area contributed by atoms with E-state index in [-0.39, 0.29) is 11.3 Å². The third-order valence-corrected chi connectivity index (χ3v) is 7.30. The van der Waals surface area contributed by atoms with Gasteiger partial charge < -0.3 is 33.9 Å². The number of ketones is 1. The summed E-state index contributed by atoms with van der Waals surface area (Å²) in [5.41, 5.74) is 1.82. The topological polar surface area (TPSA) is 97.8 Å². The van der Waals surface area contributed by atoms with Crippen molar-refractivity contribution in [2.45, 2.75) is 46.6 Å². The van der Waals surface area contributed by atoms with Crippen LogP contribution in [0.25, 0.3) is 5.76 Å². The molecule has 0 bridgehead atoms. The molecule has 2 aromatic carbocycles. The summed E-state index contributed by atoms with van der Waals surface area (Å²) in [4.78, 5) is 30.6. The van der Waals surface area contributed by atoms with E-state index in [9.17, 15) is 14.7 Å². The Balaban J connectivity index is 2.17. The molecule has 40 heavy (non-hydrogen) atoms. The van der Waals surface area contributed by atoms with Gasteiger partial charge >= 0.3 is 0 Å². The van der Waals surface area contributed by atoms with Crippen LogP contribution in [0, 0.1) is 6.92 Å². The van der Waals surface area contributed by atoms with Crippen molar-refractivity contribution in [1.82, 2.24) is 9.80 Å². The highest BCUT2D eigenvalue weighted by atomic mass is 16.5. The van der Waals surface area contributed by atoms with Gasteiger partial charge in [-0.2, -0.15) is 0 Å². The van der Waals surface area contributed by atoms with Crippen molar-refractivity contribution in [3.05, 3.63) is 52.6 Å². The number of likely N-dealkylation sites (N-methyl/N-ethyl adjacent to an activating group) is 1. The number of amides is 1. The Hall–Kier alpha value is -3.72. The van der Waals surface area contributed by atoms with Crippen molar-refractivity contribution >= 4 is 17.4 Å². The molecule has 1 aliphatic rings. The van der Waals surface area contributed by atoms with Gasteiger partial charge in [0.05, 0.1) is 39.6 Å². The zero-order valence-electron chi connectivity index (χ0n) is 24.7. The van der Waals surface area contributed by atoms with Crippen LogP contribution in [0.2, 0.25) is 0 Å². The molecule has 0 aromatic heterocycles. The molecule has 9 nitrogen and oxygen atoms in total. The van der Waals surface area contributed by atoms with E-state index in [0.717, 1.165) is 31.5 Å². The number of aryl methyl sites for hydroxylation is 1. The van der Waals surface area contributed by atoms with Crippen molar-refractivity contribution in [2.24, 2.45) is 0 Å². The van der Waals surface area contributed by atoms with E-state index in [1.807, 2.05) is 20.8 Å². The van der Waals surface area contributed by atoms with Crippen molar-refractivity contribution in [3.63, 3.8) is 0 Å². The minimum absolute atomic E-state index is 0.0119. The first-order chi connectivity index (χ1) is 19.3. The summed E-state index contributed by atoms with van der Waals surface area (Å²) in [6, 6.07) is 7.83. The molecule has 0 spiro atoms. The van der Waals surface area contributed by atoms with Gasteiger partial charge in [-0.25, -0.2) is 0 Å². The van der Waals surface area contributed by atoms with Gasteiger partial charge in [-0.3, -0.25) is 9.59 Å². The van der Waals surface area contributed by atoms with Crippen LogP contribution in [-0.2, 0) is 9.59 Å². The van der Waals surface area contributed by atoms with Crippen LogP contribution in [0.5, 0.6) is 23.0 Å². The number of methoxy groups -OCH3 is 3. The second-order valence-corrected chi connectivity index (χ2v) is 9.66. The molecule has 0 unspecified atom stereocenters. The second kappa shape index (κ2) is 14.1. The summed E-state index contributed by atoms with van der Waals surface area (Å²) < 4.78 is 22.5. The van der Waals surface area contributed by atoms with Crippen LogP contribution < -0.4 is 18.9 Å². The largest absolute Gasteiger partial charge is 0.507 e. The van der Waals surface area contributed by atoms with E-state index in [2.05, 4.69) is 11.8 Å². The highest BCUT2D eigenvalue weighted by Crippen LogP contribution is 2.45. The number of aliphatic hydroxyl groups is 1. The lowest BCUT2D eigenvalue weighted by Gasteiger charge is -2.29. The van der Waals surface area contributed by atoms with Gasteiger partial charge in [0.15, 0.2) is 11.5 Å². The normalized spacial score (nSPS) is 16.5. The van der Waals surface area contributed by atoms with Crippen LogP contribution >= 0.6 is 0 Å². The van der Waals surface area contributed by atoms with Crippen LogP contribution in [0.15, 0.2) is 35.9 Å². The quantitative estimate of drug-likeness (QED) is 0.151. The number of rotatable bonds is 14. The van der Waals surface area contributed by atoms with Gasteiger partial charge in [-0.15, -0.1) is 0 Å². The van der Waals surface area contributed by atoms with Gasteiger partial charge in [0.25, 0.3) is 11.7 Å². The molecule has 1 N–H and O–H groups in total. The number of likely N-dealkylation sites (tertiary alicyclic amines) is 1. The molecule has 3 rings (SSSR count). The Bertz CT molecular complexity index is 1210. The molecular weight excluding hydrogens is 512 g/mol. The lowest BCUT2D eigenvalue weighted by molar-refractivity contribution is -0.140. The second-order valence-electron chi connectivity index (χ2n) is 9.66. The fourth-order valence-corrected chi connectivity index (χ4v) is 4.95. The lowest BCUT2D eigenvalue weighted by Crippen LogP contribution is -2.38. The number of Topliss-reactive ketones (excluding diaryl/α,β-unsaturated/α-hetero) is 1. The summed E-state index contributed by atoms with van der Waals surface area (Å²) in [7, 11) is 4.52. The molecular formula is C31H42N2O7. The first-order valence-electron chi connectivity index (χ1n) is 13.8. The number of nitrogens with zero attached hydrogens (tertiary/aromatic N) is 2. The van der Waals surface area contributed by atoms with Gasteiger partial charge in [-0.1, -0.05) is 27.2 Å². The third-order valence-electron chi connectivity index (χ3n) is 7.30. The number of hydrogen-bond acceptors (Lipinski definition) is 8. The molecule has 1 saturated heterocycles. The Morgan fingerprint density at radius 3 is 2.12 bits per heavy atom. The Morgan fingerprint density at radius 1 is 0.950 bits per heavy atom. The smallest absolute Gasteiger partial charge is 0.295 e. The number of ether oxygens (including phenoxy) is 4. The number of carbonyl (C=O) groups is 2. The number of carbonyl (C=O) groups excluding carboxylic acids is 2. The average molecular weight is 555 g/mol. The SMILES string of the molecule is CCCCOc1ccc(/C(O)=C2\C(=O)C(=O)N(CCN(CC)CC)[C@@H]2c2cc(OC)c(OC)c(OC)c2)cc1C. The molecule has 1 amide bonds. The van der Waals surface area contributed by atoms with E-state index in [1.54, 1.807) is 30.3 Å². The maximum atomic E-state index is 13.5. The van der Waals surface area contributed by atoms with E-state index in [4.69, 9.17) is 18.9 Å². The van der Waals surface area contributed by atoms with Crippen molar-refractivity contribution in [2.75, 3.05) is 54.1 Å². The summed E-state index contributed by atoms with van der Waals surface area (Å²) in [6.45, 7) is 11.2. The number of benzene rings is 2. The highest BCUT2D eigenvalue weighted by Gasteiger charge is 2.46. The van der Waals surface area contributed by atoms with Crippen LogP contribution in [0.4, 0.5) is 0 Å². The standard InChI is InChI=1S/C31H42N2O7/c1-8-11-16-40-23-13-12-21(17-20(23)4)28(34)26-27(22-18-24(37-5)30(39-7)25(19-22)38-6)33(31(36)29(26)35)15-14-32(9-2)10-3/h12-13,17-19,27,34H,8-11,14-16H2,1-7H3/b28-26+/t27-/m1/s1. The van der Waals surface area contributed by atoms with Crippen LogP contribution in [0.3, 0.4) is 0 Å². The van der Waals surface area contributed by atoms with Gasteiger partial charge in [-0.05, 0) is 67.9 Å². The van der Waals surface area contributed by atoms with Crippen molar-refractivity contribution < 1.29 is 33.6 Å². The fourth-order valence-electron chi connectivity index (χ4n) is 4.95. The zero-order valence-corrected chi connectivity index (χ0v) is 24.7. The number of unbranched alkanes of at least 4 members (excludes halogenated alkanes) is 1. The van der Waals surface area contributed by atoms with E-state index >= 15 is 0 Å². The minimum atomic E-state index is -0.856. The first-order valence-corrected chi connectivity index (χ1v) is 13.8. The minimum Gasteiger partial charge on any atom is -0.507 e. The predicted molar refractivity (Wildman–Crippen MR) is 154 cm³/mol. The van der Waals surface area contributed by atoms with Crippen molar-refractivity contribution in [1.29, 1.82) is 0 Å². The van der Waals surface area contributed by atoms with Gasteiger partial charge in [0.2, 0.25) is 5.75 Å². The molecule has 218 valence electrons. The third kappa shape index (κ3) is 6.36. The molecule has 1 fully saturated rings. The van der Waals surface area contributed by atoms with E-state index < -0.39 is 17.7 Å². The summed E-state index contributed by atoms with van der Waals surface area (Å²) in [5.74, 6) is 0.228. The first kappa shape index (κ1) is 30.8. The number of aliphatic hydroxyl groups excluding tert-OH is 1. The van der Waals surface area contributed by atoms with Crippen LogP contribution in [-0.4, -0.2) is 80.7 Å². The fraction of sp³-hybridized carbons (Fsp3) is 0.484. The molecule has 1 heterocycles. The predicted octanol–water partition coefficient (Wildman–Crippen LogP) is 4.96. The summed E-state index contributed by atoms with van der Waals surface area (Å²) >= 11 is 0. The Kier molecular flexibility index (Phi) is 10.8. The monoisotopic (exact) mass is 554 g/mol. The molecule has 0 aliphatic carbocycles. The Morgan fingerprint density at radius 2 is 1.60 bits per heavy atom. The summed E-state index contributed by atoms with van der Waals surface area (Å²) in [6.07, 6.45) is 1.96. The molecule has 0 saturated carbocycles. The molecule has 2 aromatic rings. The zero-order chi connectivity index (χ0) is 29.4. The number of hydrogen-bond donors (Lipinski definition) is 1. The highest BCUT2D eigenvalue weighted by molar-refractivity contribution is 6.46. The van der Waals surface area contributed by atoms with E-state index in [1.165, 1.54) is 26.2 Å². The molecule has 1 atom stereocenters. The van der Waals surface area contributed by atoms with Crippen molar-refractivity contribution in [3.8, 4) is 23.0 Å². The maximum Gasteiger partial charge on any atom is 0.295 e. The molecule has 9 heteroatoms. The average Bonchev–Trinajstić information content (AvgIpc) is 3.22. The van der Waals surface area contributed by atoms with Crippen LogP contribution in [0.1, 0.15) is 56.3 Å². The Labute approximate surface area is 237 Å². The molecule has 0 radical (unpaired) electrons. The maximum absolute atomic E-state index is 13.5. The van der Waals surface area contributed by atoms with Gasteiger partial charge in [0.1, 0.15) is 11.5 Å². The summed E-state index contributed by atoms with van der Waals surface area (Å²) in [5, 5.41) is 11.6. The lowest BCUT2D eigenvalue weighted by atomic mass is 9.94. The van der Waals surface area contributed by atoms with E-state index in [0.29, 0.717) is 53.8 Å².